The fourth-order valence-electron chi connectivity index (χ4n) is 3.14. The average molecular weight is 353 g/mol. The summed E-state index contributed by atoms with van der Waals surface area (Å²) < 4.78 is 11.0. The van der Waals surface area contributed by atoms with Gasteiger partial charge in [0, 0.05) is 30.4 Å². The zero-order valence-corrected chi connectivity index (χ0v) is 14.1. The van der Waals surface area contributed by atoms with E-state index in [0.717, 1.165) is 5.69 Å². The smallest absolute Gasteiger partial charge is 0.319 e. The summed E-state index contributed by atoms with van der Waals surface area (Å²) in [5.74, 6) is 1.28. The van der Waals surface area contributed by atoms with Crippen LogP contribution in [0.5, 0.6) is 11.5 Å². The minimum atomic E-state index is -0.352. The Morgan fingerprint density at radius 3 is 2.62 bits per heavy atom. The van der Waals surface area contributed by atoms with E-state index in [9.17, 15) is 9.59 Å². The van der Waals surface area contributed by atoms with Crippen molar-refractivity contribution in [2.24, 2.45) is 0 Å². The van der Waals surface area contributed by atoms with Gasteiger partial charge in [-0.05, 0) is 24.3 Å². The molecule has 134 valence electrons. The van der Waals surface area contributed by atoms with Gasteiger partial charge < -0.3 is 25.0 Å². The number of ether oxygens (including phenoxy) is 2. The van der Waals surface area contributed by atoms with Gasteiger partial charge in [-0.2, -0.15) is 0 Å². The average Bonchev–Trinajstić information content (AvgIpc) is 3.02. The summed E-state index contributed by atoms with van der Waals surface area (Å²) in [6.45, 7) is 1.47. The zero-order chi connectivity index (χ0) is 17.9. The van der Waals surface area contributed by atoms with Gasteiger partial charge in [0.1, 0.15) is 13.2 Å². The molecule has 3 amide bonds. The lowest BCUT2D eigenvalue weighted by Crippen LogP contribution is -2.39. The van der Waals surface area contributed by atoms with Crippen LogP contribution in [-0.4, -0.2) is 37.7 Å². The highest BCUT2D eigenvalue weighted by Gasteiger charge is 2.31. The van der Waals surface area contributed by atoms with Gasteiger partial charge in [0.25, 0.3) is 0 Å². The summed E-state index contributed by atoms with van der Waals surface area (Å²) in [5.41, 5.74) is 1.45. The van der Waals surface area contributed by atoms with E-state index >= 15 is 0 Å². The van der Waals surface area contributed by atoms with Crippen LogP contribution in [0.15, 0.2) is 48.5 Å². The number of fused-ring (bicyclic) bond motifs is 1. The minimum absolute atomic E-state index is 0.000768. The Labute approximate surface area is 150 Å². The molecule has 0 saturated carbocycles. The van der Waals surface area contributed by atoms with Crippen molar-refractivity contribution in [1.29, 1.82) is 0 Å². The van der Waals surface area contributed by atoms with Crippen molar-refractivity contribution < 1.29 is 19.1 Å². The Morgan fingerprint density at radius 1 is 1.04 bits per heavy atom. The number of urea groups is 1. The maximum absolute atomic E-state index is 12.3. The molecule has 2 heterocycles. The first kappa shape index (κ1) is 16.3. The molecular formula is C19H19N3O4. The van der Waals surface area contributed by atoms with Crippen LogP contribution < -0.4 is 25.0 Å². The molecule has 7 nitrogen and oxygen atoms in total. The Bertz CT molecular complexity index is 825. The number of nitrogens with one attached hydrogen (secondary N) is 2. The van der Waals surface area contributed by atoms with Crippen LogP contribution >= 0.6 is 0 Å². The molecule has 26 heavy (non-hydrogen) atoms. The van der Waals surface area contributed by atoms with E-state index in [1.807, 2.05) is 30.3 Å². The van der Waals surface area contributed by atoms with Crippen molar-refractivity contribution in [2.75, 3.05) is 30.0 Å². The number of rotatable bonds is 3. The number of benzene rings is 2. The summed E-state index contributed by atoms with van der Waals surface area (Å²) in [7, 11) is 0. The van der Waals surface area contributed by atoms with Gasteiger partial charge in [-0.1, -0.05) is 18.2 Å². The summed E-state index contributed by atoms with van der Waals surface area (Å²) in [4.78, 5) is 26.2. The largest absolute Gasteiger partial charge is 0.486 e. The third-order valence-corrected chi connectivity index (χ3v) is 4.33. The van der Waals surface area contributed by atoms with E-state index in [4.69, 9.17) is 9.47 Å². The number of nitrogens with zero attached hydrogens (tertiary/aromatic N) is 1. The standard InChI is InChI=1S/C19H19N3O4/c23-18-11-14(12-22(18)15-4-2-1-3-5-15)21-19(24)20-13-6-7-16-17(10-13)26-9-8-25-16/h1-7,10,14H,8-9,11-12H2,(H2,20,21,24)/t14-/m1/s1. The molecule has 0 aromatic heterocycles. The van der Waals surface area contributed by atoms with Gasteiger partial charge in [0.15, 0.2) is 11.5 Å². The molecule has 0 aliphatic carbocycles. The third kappa shape index (κ3) is 3.42. The van der Waals surface area contributed by atoms with Crippen LogP contribution in [0.2, 0.25) is 0 Å². The van der Waals surface area contributed by atoms with Crippen LogP contribution in [-0.2, 0) is 4.79 Å². The van der Waals surface area contributed by atoms with E-state index in [0.29, 0.717) is 36.9 Å². The number of para-hydroxylation sites is 1. The highest BCUT2D eigenvalue weighted by molar-refractivity contribution is 5.97. The molecule has 0 spiro atoms. The third-order valence-electron chi connectivity index (χ3n) is 4.33. The first-order chi connectivity index (χ1) is 12.7. The second kappa shape index (κ2) is 6.95. The second-order valence-electron chi connectivity index (χ2n) is 6.20. The van der Waals surface area contributed by atoms with Crippen LogP contribution in [0.1, 0.15) is 6.42 Å². The molecule has 2 aliphatic heterocycles. The van der Waals surface area contributed by atoms with E-state index < -0.39 is 0 Å². The summed E-state index contributed by atoms with van der Waals surface area (Å²) in [6.07, 6.45) is 0.281. The second-order valence-corrected chi connectivity index (χ2v) is 6.20. The van der Waals surface area contributed by atoms with Gasteiger partial charge >= 0.3 is 6.03 Å². The van der Waals surface area contributed by atoms with Crippen molar-refractivity contribution in [3.05, 3.63) is 48.5 Å². The highest BCUT2D eigenvalue weighted by Crippen LogP contribution is 2.32. The van der Waals surface area contributed by atoms with Crippen molar-refractivity contribution >= 4 is 23.3 Å². The number of anilines is 2. The number of carbonyl (C=O) groups excluding carboxylic acids is 2. The molecule has 4 rings (SSSR count). The molecule has 0 unspecified atom stereocenters. The van der Waals surface area contributed by atoms with Crippen LogP contribution in [0, 0.1) is 0 Å². The van der Waals surface area contributed by atoms with Crippen LogP contribution in [0.3, 0.4) is 0 Å². The Morgan fingerprint density at radius 2 is 1.81 bits per heavy atom. The molecule has 2 N–H and O–H groups in total. The van der Waals surface area contributed by atoms with Gasteiger partial charge in [-0.15, -0.1) is 0 Å². The maximum atomic E-state index is 12.3. The Hall–Kier alpha value is -3.22. The van der Waals surface area contributed by atoms with Gasteiger partial charge in [-0.3, -0.25) is 4.79 Å². The number of hydrogen-bond acceptors (Lipinski definition) is 4. The summed E-state index contributed by atoms with van der Waals surface area (Å²) >= 11 is 0. The predicted octanol–water partition coefficient (Wildman–Crippen LogP) is 2.38. The van der Waals surface area contributed by atoms with Crippen molar-refractivity contribution in [2.45, 2.75) is 12.5 Å². The number of hydrogen-bond donors (Lipinski definition) is 2. The highest BCUT2D eigenvalue weighted by atomic mass is 16.6. The normalized spacial score (nSPS) is 18.5. The van der Waals surface area contributed by atoms with Crippen molar-refractivity contribution in [1.82, 2.24) is 5.32 Å². The molecule has 2 aromatic rings. The number of amides is 3. The molecule has 2 aromatic carbocycles. The molecule has 1 atom stereocenters. The lowest BCUT2D eigenvalue weighted by Gasteiger charge is -2.19. The minimum Gasteiger partial charge on any atom is -0.486 e. The SMILES string of the molecule is O=C(Nc1ccc2c(c1)OCCO2)N[C@@H]1CC(=O)N(c2ccccc2)C1. The van der Waals surface area contributed by atoms with Gasteiger partial charge in [-0.25, -0.2) is 4.79 Å². The lowest BCUT2D eigenvalue weighted by atomic mass is 10.2. The molecule has 2 aliphatic rings. The quantitative estimate of drug-likeness (QED) is 0.888. The van der Waals surface area contributed by atoms with Crippen LogP contribution in [0.4, 0.5) is 16.2 Å². The zero-order valence-electron chi connectivity index (χ0n) is 14.1. The topological polar surface area (TPSA) is 79.9 Å². The number of carbonyl (C=O) groups is 2. The first-order valence-corrected chi connectivity index (χ1v) is 8.51. The monoisotopic (exact) mass is 353 g/mol. The summed E-state index contributed by atoms with van der Waals surface area (Å²) in [5, 5.41) is 5.63. The van der Waals surface area contributed by atoms with E-state index in [1.165, 1.54) is 0 Å². The van der Waals surface area contributed by atoms with Crippen molar-refractivity contribution in [3.63, 3.8) is 0 Å². The van der Waals surface area contributed by atoms with Crippen molar-refractivity contribution in [3.8, 4) is 11.5 Å². The summed E-state index contributed by atoms with van der Waals surface area (Å²) in [6, 6.07) is 14.1. The van der Waals surface area contributed by atoms with Gasteiger partial charge in [0.05, 0.1) is 6.04 Å². The Balaban J connectivity index is 1.36. The molecule has 0 bridgehead atoms. The molecule has 0 radical (unpaired) electrons. The molecular weight excluding hydrogens is 334 g/mol. The molecule has 1 fully saturated rings. The lowest BCUT2D eigenvalue weighted by molar-refractivity contribution is -0.117. The molecule has 7 heteroatoms. The van der Waals surface area contributed by atoms with E-state index in [-0.39, 0.29) is 24.4 Å². The van der Waals surface area contributed by atoms with Crippen LogP contribution in [0.25, 0.3) is 0 Å². The maximum Gasteiger partial charge on any atom is 0.319 e. The van der Waals surface area contributed by atoms with E-state index in [1.54, 1.807) is 23.1 Å². The van der Waals surface area contributed by atoms with E-state index in [2.05, 4.69) is 10.6 Å². The Kier molecular flexibility index (Phi) is 4.35. The van der Waals surface area contributed by atoms with Gasteiger partial charge in [0.2, 0.25) is 5.91 Å². The fourth-order valence-corrected chi connectivity index (χ4v) is 3.14. The predicted molar refractivity (Wildman–Crippen MR) is 96.8 cm³/mol. The molecule has 1 saturated heterocycles. The first-order valence-electron chi connectivity index (χ1n) is 8.51. The fraction of sp³-hybridized carbons (Fsp3) is 0.263.